The fourth-order valence-corrected chi connectivity index (χ4v) is 1.32. The quantitative estimate of drug-likeness (QED) is 0.574. The summed E-state index contributed by atoms with van der Waals surface area (Å²) in [6.07, 6.45) is 1.56. The Balaban J connectivity index is 2.79. The van der Waals surface area contributed by atoms with Crippen LogP contribution < -0.4 is 0 Å². The molecule has 0 N–H and O–H groups in total. The number of benzene rings is 1. The van der Waals surface area contributed by atoms with Gasteiger partial charge in [0.15, 0.2) is 0 Å². The highest BCUT2D eigenvalue weighted by Gasteiger charge is 2.14. The maximum atomic E-state index is 11.5. The van der Waals surface area contributed by atoms with Crippen LogP contribution in [0.15, 0.2) is 36.9 Å². The van der Waals surface area contributed by atoms with Crippen LogP contribution in [-0.2, 0) is 10.2 Å². The van der Waals surface area contributed by atoms with Crippen molar-refractivity contribution < 1.29 is 9.53 Å². The maximum Gasteiger partial charge on any atom is 0.338 e. The van der Waals surface area contributed by atoms with E-state index >= 15 is 0 Å². The molecule has 0 bridgehead atoms. The monoisotopic (exact) mass is 218 g/mol. The molecule has 0 spiro atoms. The Labute approximate surface area is 96.9 Å². The zero-order valence-corrected chi connectivity index (χ0v) is 10.1. The molecule has 1 rings (SSSR count). The van der Waals surface area contributed by atoms with Crippen LogP contribution in [-0.4, -0.2) is 12.6 Å². The molecule has 0 saturated heterocycles. The fourth-order valence-electron chi connectivity index (χ4n) is 1.32. The van der Waals surface area contributed by atoms with Crippen LogP contribution in [0, 0.1) is 0 Å². The molecule has 0 amide bonds. The molecule has 0 aliphatic heterocycles. The van der Waals surface area contributed by atoms with E-state index in [1.165, 1.54) is 5.56 Å². The average Bonchev–Trinajstić information content (AvgIpc) is 2.25. The maximum absolute atomic E-state index is 11.5. The van der Waals surface area contributed by atoms with Crippen LogP contribution >= 0.6 is 0 Å². The van der Waals surface area contributed by atoms with Crippen molar-refractivity contribution in [3.05, 3.63) is 48.0 Å². The van der Waals surface area contributed by atoms with Gasteiger partial charge in [-0.3, -0.25) is 0 Å². The number of rotatable bonds is 3. The summed E-state index contributed by atoms with van der Waals surface area (Å²) in [7, 11) is 0. The van der Waals surface area contributed by atoms with Crippen molar-refractivity contribution >= 4 is 5.97 Å². The lowest BCUT2D eigenvalue weighted by Gasteiger charge is -2.18. The first-order chi connectivity index (χ1) is 7.45. The van der Waals surface area contributed by atoms with E-state index in [9.17, 15) is 4.79 Å². The highest BCUT2D eigenvalue weighted by atomic mass is 16.5. The smallest absolute Gasteiger partial charge is 0.338 e. The lowest BCUT2D eigenvalue weighted by Crippen LogP contribution is -2.11. The van der Waals surface area contributed by atoms with Gasteiger partial charge in [-0.2, -0.15) is 0 Å². The van der Waals surface area contributed by atoms with Gasteiger partial charge in [-0.25, -0.2) is 4.79 Å². The van der Waals surface area contributed by atoms with Crippen LogP contribution in [0.25, 0.3) is 0 Å². The standard InChI is InChI=1S/C14H18O2/c1-5-10-16-13(15)11-6-8-12(9-7-11)14(2,3)4/h5-9H,1,10H2,2-4H3. The van der Waals surface area contributed by atoms with Crippen LogP contribution in [0.5, 0.6) is 0 Å². The van der Waals surface area contributed by atoms with E-state index in [0.29, 0.717) is 5.56 Å². The number of carbonyl (C=O) groups is 1. The molecule has 1 aromatic carbocycles. The molecule has 0 aliphatic rings. The Kier molecular flexibility index (Phi) is 3.88. The molecule has 0 saturated carbocycles. The highest BCUT2D eigenvalue weighted by molar-refractivity contribution is 5.89. The van der Waals surface area contributed by atoms with E-state index in [2.05, 4.69) is 27.4 Å². The van der Waals surface area contributed by atoms with Crippen LogP contribution in [0.3, 0.4) is 0 Å². The molecule has 0 aliphatic carbocycles. The van der Waals surface area contributed by atoms with Crippen molar-refractivity contribution in [1.82, 2.24) is 0 Å². The van der Waals surface area contributed by atoms with Crippen molar-refractivity contribution in [3.63, 3.8) is 0 Å². The molecular weight excluding hydrogens is 200 g/mol. The summed E-state index contributed by atoms with van der Waals surface area (Å²) in [5.74, 6) is -0.305. The molecule has 16 heavy (non-hydrogen) atoms. The van der Waals surface area contributed by atoms with Crippen molar-refractivity contribution in [1.29, 1.82) is 0 Å². The lowest BCUT2D eigenvalue weighted by atomic mass is 9.87. The number of hydrogen-bond acceptors (Lipinski definition) is 2. The molecule has 0 radical (unpaired) electrons. The zero-order valence-electron chi connectivity index (χ0n) is 10.1. The Morgan fingerprint density at radius 3 is 2.31 bits per heavy atom. The van der Waals surface area contributed by atoms with Crippen LogP contribution in [0.4, 0.5) is 0 Å². The molecule has 0 unspecified atom stereocenters. The molecule has 2 nitrogen and oxygen atoms in total. The Morgan fingerprint density at radius 1 is 1.31 bits per heavy atom. The van der Waals surface area contributed by atoms with Gasteiger partial charge in [0.05, 0.1) is 5.56 Å². The van der Waals surface area contributed by atoms with Gasteiger partial charge < -0.3 is 4.74 Å². The molecule has 2 heteroatoms. The Bertz CT molecular complexity index is 369. The van der Waals surface area contributed by atoms with Gasteiger partial charge >= 0.3 is 5.97 Å². The Hall–Kier alpha value is -1.57. The average molecular weight is 218 g/mol. The number of carbonyl (C=O) groups excluding carboxylic acids is 1. The van der Waals surface area contributed by atoms with E-state index in [-0.39, 0.29) is 18.0 Å². The first-order valence-electron chi connectivity index (χ1n) is 5.33. The largest absolute Gasteiger partial charge is 0.458 e. The van der Waals surface area contributed by atoms with Gasteiger partial charge in [0.2, 0.25) is 0 Å². The third kappa shape index (κ3) is 3.23. The number of hydrogen-bond donors (Lipinski definition) is 0. The second-order valence-corrected chi connectivity index (χ2v) is 4.71. The summed E-state index contributed by atoms with van der Waals surface area (Å²) >= 11 is 0. The fraction of sp³-hybridized carbons (Fsp3) is 0.357. The minimum atomic E-state index is -0.305. The second-order valence-electron chi connectivity index (χ2n) is 4.71. The van der Waals surface area contributed by atoms with Gasteiger partial charge in [0.1, 0.15) is 6.61 Å². The third-order valence-electron chi connectivity index (χ3n) is 2.32. The summed E-state index contributed by atoms with van der Waals surface area (Å²) in [5.41, 5.74) is 1.88. The summed E-state index contributed by atoms with van der Waals surface area (Å²) in [4.78, 5) is 11.5. The van der Waals surface area contributed by atoms with Gasteiger partial charge in [-0.15, -0.1) is 0 Å². The van der Waals surface area contributed by atoms with Crippen molar-refractivity contribution in [2.24, 2.45) is 0 Å². The summed E-state index contributed by atoms with van der Waals surface area (Å²) in [5, 5.41) is 0. The lowest BCUT2D eigenvalue weighted by molar-refractivity contribution is 0.0549. The first kappa shape index (κ1) is 12.5. The molecular formula is C14H18O2. The predicted octanol–water partition coefficient (Wildman–Crippen LogP) is 3.33. The van der Waals surface area contributed by atoms with E-state index in [0.717, 1.165) is 0 Å². The van der Waals surface area contributed by atoms with Crippen molar-refractivity contribution in [2.45, 2.75) is 26.2 Å². The molecule has 0 aromatic heterocycles. The predicted molar refractivity (Wildman–Crippen MR) is 65.6 cm³/mol. The summed E-state index contributed by atoms with van der Waals surface area (Å²) < 4.78 is 4.95. The van der Waals surface area contributed by atoms with E-state index in [1.54, 1.807) is 18.2 Å². The normalized spacial score (nSPS) is 10.9. The molecule has 86 valence electrons. The number of ether oxygens (including phenoxy) is 1. The highest BCUT2D eigenvalue weighted by Crippen LogP contribution is 2.22. The summed E-state index contributed by atoms with van der Waals surface area (Å²) in [6.45, 7) is 10.2. The van der Waals surface area contributed by atoms with E-state index in [4.69, 9.17) is 4.74 Å². The summed E-state index contributed by atoms with van der Waals surface area (Å²) in [6, 6.07) is 7.52. The van der Waals surface area contributed by atoms with Gasteiger partial charge in [-0.05, 0) is 23.1 Å². The molecule has 0 fully saturated rings. The van der Waals surface area contributed by atoms with Crippen molar-refractivity contribution in [2.75, 3.05) is 6.61 Å². The minimum absolute atomic E-state index is 0.101. The van der Waals surface area contributed by atoms with Gasteiger partial charge in [-0.1, -0.05) is 45.6 Å². The first-order valence-corrected chi connectivity index (χ1v) is 5.33. The van der Waals surface area contributed by atoms with Crippen LogP contribution in [0.2, 0.25) is 0 Å². The molecule has 0 heterocycles. The zero-order chi connectivity index (χ0) is 12.2. The third-order valence-corrected chi connectivity index (χ3v) is 2.32. The van der Waals surface area contributed by atoms with Gasteiger partial charge in [0.25, 0.3) is 0 Å². The number of esters is 1. The van der Waals surface area contributed by atoms with Gasteiger partial charge in [0, 0.05) is 0 Å². The Morgan fingerprint density at radius 2 is 1.88 bits per heavy atom. The second kappa shape index (κ2) is 4.97. The van der Waals surface area contributed by atoms with E-state index < -0.39 is 0 Å². The van der Waals surface area contributed by atoms with E-state index in [1.807, 2.05) is 12.1 Å². The molecule has 1 aromatic rings. The van der Waals surface area contributed by atoms with Crippen LogP contribution in [0.1, 0.15) is 36.7 Å². The SMILES string of the molecule is C=CCOC(=O)c1ccc(C(C)(C)C)cc1. The molecule has 0 atom stereocenters. The topological polar surface area (TPSA) is 26.3 Å². The minimum Gasteiger partial charge on any atom is -0.458 e. The van der Waals surface area contributed by atoms with Crippen molar-refractivity contribution in [3.8, 4) is 0 Å².